The minimum Gasteiger partial charge on any atom is -0.467 e. The third-order valence-electron chi connectivity index (χ3n) is 2.01. The van der Waals surface area contributed by atoms with E-state index in [1.165, 1.54) is 12.3 Å². The lowest BCUT2D eigenvalue weighted by atomic mass is 10.3. The van der Waals surface area contributed by atoms with Gasteiger partial charge in [-0.1, -0.05) is 0 Å². The molecule has 0 aliphatic heterocycles. The van der Waals surface area contributed by atoms with Crippen LogP contribution in [0.4, 0.5) is 13.2 Å². The van der Waals surface area contributed by atoms with Gasteiger partial charge in [0.05, 0.1) is 12.8 Å². The largest absolute Gasteiger partial charge is 0.467 e. The summed E-state index contributed by atoms with van der Waals surface area (Å²) < 4.78 is 41.8. The van der Waals surface area contributed by atoms with Crippen LogP contribution in [-0.4, -0.2) is 30.1 Å². The quantitative estimate of drug-likeness (QED) is 0.861. The molecule has 0 aromatic carbocycles. The smallest absolute Gasteiger partial charge is 0.406 e. The number of rotatable bonds is 5. The van der Waals surface area contributed by atoms with Crippen LogP contribution in [0.25, 0.3) is 0 Å². The molecule has 0 fully saturated rings. The van der Waals surface area contributed by atoms with E-state index in [1.54, 1.807) is 6.07 Å². The molecular weight excluding hydrogens is 237 g/mol. The van der Waals surface area contributed by atoms with E-state index in [9.17, 15) is 18.0 Å². The fourth-order valence-electron chi connectivity index (χ4n) is 1.32. The molecule has 0 spiro atoms. The minimum atomic E-state index is -4.43. The number of hydrogen-bond donors (Lipinski definition) is 1. The lowest BCUT2D eigenvalue weighted by Gasteiger charge is -2.22. The molecule has 0 aliphatic carbocycles. The Kier molecular flexibility index (Phi) is 4.56. The summed E-state index contributed by atoms with van der Waals surface area (Å²) in [6, 6.07) is 3.06. The van der Waals surface area contributed by atoms with Gasteiger partial charge in [-0.2, -0.15) is 13.2 Å². The van der Waals surface area contributed by atoms with Crippen LogP contribution in [0.1, 0.15) is 12.2 Å². The van der Waals surface area contributed by atoms with Gasteiger partial charge in [-0.3, -0.25) is 4.79 Å². The molecule has 1 aromatic rings. The van der Waals surface area contributed by atoms with E-state index in [0.717, 1.165) is 0 Å². The Bertz CT molecular complexity index is 349. The lowest BCUT2D eigenvalue weighted by Crippen LogP contribution is -2.39. The molecule has 0 bridgehead atoms. The highest BCUT2D eigenvalue weighted by Crippen LogP contribution is 2.18. The first-order valence-electron chi connectivity index (χ1n) is 4.99. The second-order valence-corrected chi connectivity index (χ2v) is 3.48. The average Bonchev–Trinajstić information content (AvgIpc) is 2.67. The van der Waals surface area contributed by atoms with Crippen LogP contribution in [0.3, 0.4) is 0 Å². The molecule has 4 nitrogen and oxygen atoms in total. The summed E-state index contributed by atoms with van der Waals surface area (Å²) >= 11 is 0. The summed E-state index contributed by atoms with van der Waals surface area (Å²) in [7, 11) is 0. The molecule has 7 heteroatoms. The maximum Gasteiger partial charge on any atom is 0.406 e. The highest BCUT2D eigenvalue weighted by Gasteiger charge is 2.33. The van der Waals surface area contributed by atoms with Crippen LogP contribution in [0.2, 0.25) is 0 Å². The first kappa shape index (κ1) is 13.6. The lowest BCUT2D eigenvalue weighted by molar-refractivity contribution is -0.162. The van der Waals surface area contributed by atoms with Crippen molar-refractivity contribution >= 4 is 5.91 Å². The third kappa shape index (κ3) is 4.90. The van der Waals surface area contributed by atoms with E-state index < -0.39 is 18.6 Å². The molecule has 1 rings (SSSR count). The van der Waals surface area contributed by atoms with Gasteiger partial charge < -0.3 is 15.1 Å². The Morgan fingerprint density at radius 1 is 1.47 bits per heavy atom. The Morgan fingerprint density at radius 2 is 2.18 bits per heavy atom. The van der Waals surface area contributed by atoms with Gasteiger partial charge in [0.25, 0.3) is 0 Å². The van der Waals surface area contributed by atoms with Crippen molar-refractivity contribution < 1.29 is 22.4 Å². The normalized spacial score (nSPS) is 11.5. The van der Waals surface area contributed by atoms with Gasteiger partial charge >= 0.3 is 6.18 Å². The highest BCUT2D eigenvalue weighted by atomic mass is 19.4. The van der Waals surface area contributed by atoms with E-state index in [1.807, 2.05) is 0 Å². The second-order valence-electron chi connectivity index (χ2n) is 3.48. The SMILES string of the molecule is NCCC(=O)N(Cc1ccco1)CC(F)(F)F. The first-order valence-corrected chi connectivity index (χ1v) is 4.99. The third-order valence-corrected chi connectivity index (χ3v) is 2.01. The number of hydrogen-bond acceptors (Lipinski definition) is 3. The Hall–Kier alpha value is -1.50. The molecule has 0 aliphatic rings. The predicted molar refractivity (Wildman–Crippen MR) is 53.9 cm³/mol. The molecule has 0 saturated heterocycles. The van der Waals surface area contributed by atoms with Crippen LogP contribution >= 0.6 is 0 Å². The van der Waals surface area contributed by atoms with Gasteiger partial charge in [0, 0.05) is 13.0 Å². The minimum absolute atomic E-state index is 0.0192. The summed E-state index contributed by atoms with van der Waals surface area (Å²) in [5.41, 5.74) is 5.15. The number of nitrogens with two attached hydrogens (primary N) is 1. The number of alkyl halides is 3. The van der Waals surface area contributed by atoms with E-state index in [2.05, 4.69) is 0 Å². The zero-order chi connectivity index (χ0) is 12.9. The summed E-state index contributed by atoms with van der Waals surface area (Å²) in [5.74, 6) is -0.333. The van der Waals surface area contributed by atoms with Crippen LogP contribution in [0.5, 0.6) is 0 Å². The zero-order valence-corrected chi connectivity index (χ0v) is 9.04. The molecule has 1 aromatic heterocycles. The van der Waals surface area contributed by atoms with Crippen molar-refractivity contribution in [2.45, 2.75) is 19.1 Å². The Labute approximate surface area is 96.2 Å². The maximum atomic E-state index is 12.3. The molecule has 17 heavy (non-hydrogen) atoms. The summed E-state index contributed by atoms with van der Waals surface area (Å²) in [6.45, 7) is -1.48. The fraction of sp³-hybridized carbons (Fsp3) is 0.500. The van der Waals surface area contributed by atoms with Crippen molar-refractivity contribution in [3.8, 4) is 0 Å². The van der Waals surface area contributed by atoms with Gasteiger partial charge in [0.2, 0.25) is 5.91 Å². The average molecular weight is 250 g/mol. The fourth-order valence-corrected chi connectivity index (χ4v) is 1.32. The van der Waals surface area contributed by atoms with Gasteiger partial charge in [-0.05, 0) is 12.1 Å². The monoisotopic (exact) mass is 250 g/mol. The standard InChI is InChI=1S/C10H13F3N2O2/c11-10(12,13)7-15(9(16)3-4-14)6-8-2-1-5-17-8/h1-2,5H,3-4,6-7,14H2. The van der Waals surface area contributed by atoms with Crippen molar-refractivity contribution in [3.05, 3.63) is 24.2 Å². The van der Waals surface area contributed by atoms with Crippen molar-refractivity contribution in [1.82, 2.24) is 4.90 Å². The molecular formula is C10H13F3N2O2. The van der Waals surface area contributed by atoms with Gasteiger partial charge in [0.15, 0.2) is 0 Å². The van der Waals surface area contributed by atoms with E-state index in [0.29, 0.717) is 10.7 Å². The van der Waals surface area contributed by atoms with E-state index in [4.69, 9.17) is 10.2 Å². The maximum absolute atomic E-state index is 12.3. The molecule has 2 N–H and O–H groups in total. The first-order chi connectivity index (χ1) is 7.92. The molecule has 1 heterocycles. The van der Waals surface area contributed by atoms with Crippen molar-refractivity contribution in [2.75, 3.05) is 13.1 Å². The number of halogens is 3. The van der Waals surface area contributed by atoms with Crippen LogP contribution in [-0.2, 0) is 11.3 Å². The van der Waals surface area contributed by atoms with E-state index >= 15 is 0 Å². The highest BCUT2D eigenvalue weighted by molar-refractivity contribution is 5.76. The number of carbonyl (C=O) groups is 1. The van der Waals surface area contributed by atoms with Crippen LogP contribution in [0, 0.1) is 0 Å². The van der Waals surface area contributed by atoms with Crippen molar-refractivity contribution in [2.24, 2.45) is 5.73 Å². The summed E-state index contributed by atoms with van der Waals surface area (Å²) in [6.07, 6.45) is -3.21. The molecule has 0 atom stereocenters. The van der Waals surface area contributed by atoms with Crippen LogP contribution in [0.15, 0.2) is 22.8 Å². The van der Waals surface area contributed by atoms with Gasteiger partial charge in [-0.15, -0.1) is 0 Å². The summed E-state index contributed by atoms with van der Waals surface area (Å²) in [5, 5.41) is 0. The topological polar surface area (TPSA) is 59.5 Å². The zero-order valence-electron chi connectivity index (χ0n) is 9.04. The van der Waals surface area contributed by atoms with Crippen molar-refractivity contribution in [3.63, 3.8) is 0 Å². The Balaban J connectivity index is 2.68. The number of carbonyl (C=O) groups excluding carboxylic acids is 1. The van der Waals surface area contributed by atoms with Crippen LogP contribution < -0.4 is 5.73 Å². The molecule has 96 valence electrons. The van der Waals surface area contributed by atoms with E-state index in [-0.39, 0.29) is 19.5 Å². The molecule has 0 radical (unpaired) electrons. The number of amides is 1. The molecule has 0 saturated carbocycles. The number of nitrogens with zero attached hydrogens (tertiary/aromatic N) is 1. The van der Waals surface area contributed by atoms with Crippen molar-refractivity contribution in [1.29, 1.82) is 0 Å². The Morgan fingerprint density at radius 3 is 2.65 bits per heavy atom. The second kappa shape index (κ2) is 5.72. The van der Waals surface area contributed by atoms with Gasteiger partial charge in [0.1, 0.15) is 12.3 Å². The summed E-state index contributed by atoms with van der Waals surface area (Å²) in [4.78, 5) is 12.1. The molecule has 1 amide bonds. The van der Waals surface area contributed by atoms with Gasteiger partial charge in [-0.25, -0.2) is 0 Å². The predicted octanol–water partition coefficient (Wildman–Crippen LogP) is 1.52. The molecule has 0 unspecified atom stereocenters. The number of furan rings is 1.